The molecule has 1 fully saturated rings. The first kappa shape index (κ1) is 22.2. The van der Waals surface area contributed by atoms with Crippen LogP contribution in [0.15, 0.2) is 23.0 Å². The molecule has 1 N–H and O–H groups in total. The number of fused-ring (bicyclic) bond motifs is 3. The van der Waals surface area contributed by atoms with E-state index in [-0.39, 0.29) is 23.1 Å². The van der Waals surface area contributed by atoms with Crippen LogP contribution >= 0.6 is 11.3 Å². The number of nitrogens with one attached hydrogen (secondary N) is 1. The Hall–Kier alpha value is -2.65. The van der Waals surface area contributed by atoms with Gasteiger partial charge in [0.1, 0.15) is 10.7 Å². The topological polar surface area (TPSA) is 69.3 Å². The Labute approximate surface area is 194 Å². The number of aromatic nitrogens is 2. The van der Waals surface area contributed by atoms with Gasteiger partial charge in [-0.1, -0.05) is 6.92 Å². The number of hydrogen-bond acceptors (Lipinski definition) is 5. The lowest BCUT2D eigenvalue weighted by atomic mass is 9.89. The summed E-state index contributed by atoms with van der Waals surface area (Å²) in [7, 11) is 0. The Morgan fingerprint density at radius 3 is 2.70 bits per heavy atom. The number of benzene rings is 1. The van der Waals surface area contributed by atoms with Crippen molar-refractivity contribution in [2.75, 3.05) is 26.2 Å². The summed E-state index contributed by atoms with van der Waals surface area (Å²) in [4.78, 5) is 39.4. The van der Waals surface area contributed by atoms with Crippen LogP contribution in [0, 0.1) is 17.6 Å². The average Bonchev–Trinajstić information content (AvgIpc) is 3.18. The largest absolute Gasteiger partial charge is 0.336 e. The van der Waals surface area contributed by atoms with Crippen LogP contribution in [0.5, 0.6) is 0 Å². The minimum atomic E-state index is -1.02. The summed E-state index contributed by atoms with van der Waals surface area (Å²) >= 11 is 1.64. The fraction of sp³-hybridized carbons (Fsp3) is 0.458. The van der Waals surface area contributed by atoms with Crippen molar-refractivity contribution in [3.05, 3.63) is 62.0 Å². The highest BCUT2D eigenvalue weighted by atomic mass is 32.1. The van der Waals surface area contributed by atoms with Gasteiger partial charge >= 0.3 is 0 Å². The SMILES string of the molecule is CC1CCc2c(sc3nc(C(C)N4CCN(C(=O)c5ccc(F)c(F)c5)CC4)[nH]c(=O)c23)C1. The number of H-pyrrole nitrogens is 1. The molecule has 0 radical (unpaired) electrons. The van der Waals surface area contributed by atoms with Crippen LogP contribution in [0.2, 0.25) is 0 Å². The van der Waals surface area contributed by atoms with Gasteiger partial charge in [-0.2, -0.15) is 0 Å². The molecule has 0 bridgehead atoms. The van der Waals surface area contributed by atoms with Gasteiger partial charge < -0.3 is 9.88 Å². The molecule has 9 heteroatoms. The molecule has 5 rings (SSSR count). The molecule has 2 aliphatic rings. The molecule has 6 nitrogen and oxygen atoms in total. The number of halogens is 2. The number of amides is 1. The van der Waals surface area contributed by atoms with Crippen LogP contribution in [0.25, 0.3) is 10.2 Å². The van der Waals surface area contributed by atoms with Gasteiger partial charge in [0.25, 0.3) is 11.5 Å². The molecule has 2 aromatic heterocycles. The van der Waals surface area contributed by atoms with Gasteiger partial charge in [-0.15, -0.1) is 11.3 Å². The van der Waals surface area contributed by atoms with E-state index in [1.54, 1.807) is 16.2 Å². The summed E-state index contributed by atoms with van der Waals surface area (Å²) in [6, 6.07) is 3.11. The van der Waals surface area contributed by atoms with Crippen LogP contribution < -0.4 is 5.56 Å². The Bertz CT molecular complexity index is 1280. The first-order valence-corrected chi connectivity index (χ1v) is 12.2. The molecular formula is C24H26F2N4O2S. The summed E-state index contributed by atoms with van der Waals surface area (Å²) in [5.74, 6) is -1.03. The van der Waals surface area contributed by atoms with E-state index >= 15 is 0 Å². The Kier molecular flexibility index (Phi) is 5.78. The molecule has 3 aromatic rings. The van der Waals surface area contributed by atoms with E-state index in [1.807, 2.05) is 6.92 Å². The molecule has 174 valence electrons. The molecule has 1 aromatic carbocycles. The molecule has 2 unspecified atom stereocenters. The van der Waals surface area contributed by atoms with Gasteiger partial charge in [0.2, 0.25) is 0 Å². The van der Waals surface area contributed by atoms with Crippen LogP contribution in [0.1, 0.15) is 52.9 Å². The first-order valence-electron chi connectivity index (χ1n) is 11.3. The molecule has 33 heavy (non-hydrogen) atoms. The van der Waals surface area contributed by atoms with E-state index in [2.05, 4.69) is 16.8 Å². The standard InChI is InChI=1S/C24H26F2N4O2S/c1-13-3-5-16-19(11-13)33-23-20(16)22(31)27-21(28-23)14(2)29-7-9-30(10-8-29)24(32)15-4-6-17(25)18(26)12-15/h4,6,12-14H,3,5,7-11H2,1-2H3,(H,27,28,31). The lowest BCUT2D eigenvalue weighted by Gasteiger charge is -2.37. The summed E-state index contributed by atoms with van der Waals surface area (Å²) in [6.45, 7) is 6.36. The third-order valence-electron chi connectivity index (χ3n) is 6.90. The van der Waals surface area contributed by atoms with Crippen molar-refractivity contribution in [1.29, 1.82) is 0 Å². The van der Waals surface area contributed by atoms with Crippen molar-refractivity contribution in [3.8, 4) is 0 Å². The molecule has 2 atom stereocenters. The predicted molar refractivity (Wildman–Crippen MR) is 124 cm³/mol. The lowest BCUT2D eigenvalue weighted by Crippen LogP contribution is -2.49. The second-order valence-electron chi connectivity index (χ2n) is 9.12. The van der Waals surface area contributed by atoms with Crippen molar-refractivity contribution < 1.29 is 13.6 Å². The van der Waals surface area contributed by atoms with E-state index in [0.29, 0.717) is 37.9 Å². The number of carbonyl (C=O) groups excluding carboxylic acids is 1. The van der Waals surface area contributed by atoms with Gasteiger partial charge in [0.05, 0.1) is 11.4 Å². The van der Waals surface area contributed by atoms with Gasteiger partial charge in [0.15, 0.2) is 11.6 Å². The van der Waals surface area contributed by atoms with Crippen LogP contribution in [-0.4, -0.2) is 51.9 Å². The Morgan fingerprint density at radius 1 is 1.21 bits per heavy atom. The maximum atomic E-state index is 13.5. The maximum absolute atomic E-state index is 13.5. The average molecular weight is 473 g/mol. The summed E-state index contributed by atoms with van der Waals surface area (Å²) in [5, 5.41) is 0.750. The monoisotopic (exact) mass is 472 g/mol. The fourth-order valence-electron chi connectivity index (χ4n) is 4.86. The molecule has 3 heterocycles. The van der Waals surface area contributed by atoms with Crippen LogP contribution in [0.3, 0.4) is 0 Å². The number of thiophene rings is 1. The number of aromatic amines is 1. The number of piperazine rings is 1. The summed E-state index contributed by atoms with van der Waals surface area (Å²) in [6.07, 6.45) is 3.04. The van der Waals surface area contributed by atoms with E-state index in [0.717, 1.165) is 41.6 Å². The first-order chi connectivity index (χ1) is 15.8. The highest BCUT2D eigenvalue weighted by molar-refractivity contribution is 7.18. The molecule has 1 amide bonds. The van der Waals surface area contributed by atoms with E-state index < -0.39 is 11.6 Å². The van der Waals surface area contributed by atoms with E-state index in [1.165, 1.54) is 16.5 Å². The fourth-order valence-corrected chi connectivity index (χ4v) is 6.25. The molecular weight excluding hydrogens is 446 g/mol. The smallest absolute Gasteiger partial charge is 0.259 e. The van der Waals surface area contributed by atoms with Gasteiger partial charge in [-0.25, -0.2) is 13.8 Å². The van der Waals surface area contributed by atoms with Crippen molar-refractivity contribution in [3.63, 3.8) is 0 Å². The molecule has 0 spiro atoms. The number of carbonyl (C=O) groups is 1. The van der Waals surface area contributed by atoms with Crippen LogP contribution in [0.4, 0.5) is 8.78 Å². The normalized spacial score (nSPS) is 20.1. The third kappa shape index (κ3) is 4.08. The van der Waals surface area contributed by atoms with E-state index in [9.17, 15) is 18.4 Å². The molecule has 1 saturated heterocycles. The Morgan fingerprint density at radius 2 is 1.97 bits per heavy atom. The third-order valence-corrected chi connectivity index (χ3v) is 8.04. The minimum absolute atomic E-state index is 0.0685. The molecule has 0 saturated carbocycles. The minimum Gasteiger partial charge on any atom is -0.336 e. The van der Waals surface area contributed by atoms with Gasteiger partial charge in [-0.3, -0.25) is 14.5 Å². The van der Waals surface area contributed by atoms with Crippen molar-refractivity contribution in [1.82, 2.24) is 19.8 Å². The summed E-state index contributed by atoms with van der Waals surface area (Å²) < 4.78 is 26.7. The highest BCUT2D eigenvalue weighted by Crippen LogP contribution is 2.36. The zero-order chi connectivity index (χ0) is 23.3. The highest BCUT2D eigenvalue weighted by Gasteiger charge is 2.28. The molecule has 1 aliphatic carbocycles. The molecule has 1 aliphatic heterocycles. The number of hydrogen-bond donors (Lipinski definition) is 1. The lowest BCUT2D eigenvalue weighted by molar-refractivity contribution is 0.0575. The van der Waals surface area contributed by atoms with Crippen LogP contribution in [-0.2, 0) is 12.8 Å². The zero-order valence-electron chi connectivity index (χ0n) is 18.7. The van der Waals surface area contributed by atoms with Crippen molar-refractivity contribution in [2.24, 2.45) is 5.92 Å². The number of aryl methyl sites for hydroxylation is 1. The van der Waals surface area contributed by atoms with Gasteiger partial charge in [-0.05, 0) is 55.9 Å². The Balaban J connectivity index is 1.30. The number of rotatable bonds is 3. The quantitative estimate of drug-likeness (QED) is 0.628. The summed E-state index contributed by atoms with van der Waals surface area (Å²) in [5.41, 5.74) is 1.24. The second-order valence-corrected chi connectivity index (χ2v) is 10.2. The second kappa shape index (κ2) is 8.61. The maximum Gasteiger partial charge on any atom is 0.259 e. The predicted octanol–water partition coefficient (Wildman–Crippen LogP) is 3.91. The number of nitrogens with zero attached hydrogens (tertiary/aromatic N) is 3. The zero-order valence-corrected chi connectivity index (χ0v) is 19.5. The van der Waals surface area contributed by atoms with Crippen molar-refractivity contribution >= 4 is 27.5 Å². The van der Waals surface area contributed by atoms with Crippen molar-refractivity contribution in [2.45, 2.75) is 39.2 Å². The van der Waals surface area contributed by atoms with E-state index in [4.69, 9.17) is 4.98 Å². The van der Waals surface area contributed by atoms with Gasteiger partial charge in [0, 0.05) is 36.6 Å².